The number of benzene rings is 1. The number of anilines is 1. The zero-order valence-corrected chi connectivity index (χ0v) is 11.8. The van der Waals surface area contributed by atoms with Crippen molar-refractivity contribution in [1.29, 1.82) is 0 Å². The number of carbonyl (C=O) groups is 1. The van der Waals surface area contributed by atoms with Gasteiger partial charge in [0.15, 0.2) is 3.95 Å². The molecule has 0 aliphatic carbocycles. The molecule has 0 spiro atoms. The van der Waals surface area contributed by atoms with Crippen LogP contribution in [0.5, 0.6) is 0 Å². The molecule has 1 aromatic heterocycles. The second-order valence-electron chi connectivity index (χ2n) is 3.75. The van der Waals surface area contributed by atoms with E-state index in [1.165, 1.54) is 11.3 Å². The Morgan fingerprint density at radius 2 is 2.16 bits per heavy atom. The molecule has 0 radical (unpaired) electrons. The Morgan fingerprint density at radius 3 is 2.79 bits per heavy atom. The first-order valence-electron chi connectivity index (χ1n) is 5.61. The molecule has 1 aromatic carbocycles. The summed E-state index contributed by atoms with van der Waals surface area (Å²) in [6, 6.07) is 9.49. The molecule has 3 N–H and O–H groups in total. The van der Waals surface area contributed by atoms with Gasteiger partial charge in [-0.15, -0.1) is 6.58 Å². The summed E-state index contributed by atoms with van der Waals surface area (Å²) in [5.74, 6) is 0.131. The average Bonchev–Trinajstić information content (AvgIpc) is 2.72. The van der Waals surface area contributed by atoms with E-state index < -0.39 is 0 Å². The Balaban J connectivity index is 2.44. The van der Waals surface area contributed by atoms with Crippen molar-refractivity contribution in [3.05, 3.63) is 51.8 Å². The second kappa shape index (κ2) is 5.81. The summed E-state index contributed by atoms with van der Waals surface area (Å²) in [6.07, 6.45) is 1.61. The Labute approximate surface area is 120 Å². The summed E-state index contributed by atoms with van der Waals surface area (Å²) in [6.45, 7) is 3.95. The third-order valence-corrected chi connectivity index (χ3v) is 3.86. The Hall–Kier alpha value is -1.92. The predicted octanol–water partition coefficient (Wildman–Crippen LogP) is 2.77. The second-order valence-corrected chi connectivity index (χ2v) is 5.40. The van der Waals surface area contributed by atoms with Crippen LogP contribution in [-0.4, -0.2) is 17.0 Å². The molecule has 1 amide bonds. The molecule has 98 valence electrons. The van der Waals surface area contributed by atoms with Crippen LogP contribution in [0.1, 0.15) is 9.67 Å². The largest absolute Gasteiger partial charge is 0.383 e. The van der Waals surface area contributed by atoms with Gasteiger partial charge in [0.05, 0.1) is 0 Å². The highest BCUT2D eigenvalue weighted by atomic mass is 32.1. The van der Waals surface area contributed by atoms with Crippen molar-refractivity contribution >= 4 is 35.3 Å². The summed E-state index contributed by atoms with van der Waals surface area (Å²) < 4.78 is 2.25. The predicted molar refractivity (Wildman–Crippen MR) is 81.4 cm³/mol. The first-order chi connectivity index (χ1) is 9.15. The van der Waals surface area contributed by atoms with E-state index in [9.17, 15) is 4.79 Å². The van der Waals surface area contributed by atoms with Crippen LogP contribution in [0, 0.1) is 3.95 Å². The quantitative estimate of drug-likeness (QED) is 0.672. The fourth-order valence-electron chi connectivity index (χ4n) is 1.61. The van der Waals surface area contributed by atoms with Crippen molar-refractivity contribution in [3.63, 3.8) is 0 Å². The minimum atomic E-state index is -0.233. The minimum Gasteiger partial charge on any atom is -0.383 e. The standard InChI is InChI=1S/C13H13N3OS2/c1-2-8-15-12(17)10-11(14)16(13(18)19-10)9-6-4-3-5-7-9/h2-7H,1,8,14H2,(H,15,17). The van der Waals surface area contributed by atoms with Crippen molar-refractivity contribution in [2.75, 3.05) is 12.3 Å². The van der Waals surface area contributed by atoms with Gasteiger partial charge >= 0.3 is 0 Å². The van der Waals surface area contributed by atoms with E-state index in [1.807, 2.05) is 30.3 Å². The summed E-state index contributed by atoms with van der Waals surface area (Å²) in [7, 11) is 0. The number of hydrogen-bond acceptors (Lipinski definition) is 4. The summed E-state index contributed by atoms with van der Waals surface area (Å²) in [5, 5.41) is 2.70. The van der Waals surface area contributed by atoms with Crippen molar-refractivity contribution in [2.45, 2.75) is 0 Å². The Morgan fingerprint density at radius 1 is 1.47 bits per heavy atom. The van der Waals surface area contributed by atoms with Gasteiger partial charge in [0.1, 0.15) is 10.7 Å². The molecule has 0 aliphatic heterocycles. The molecule has 1 heterocycles. The van der Waals surface area contributed by atoms with Gasteiger partial charge in [-0.1, -0.05) is 35.6 Å². The SMILES string of the molecule is C=CCNC(=O)c1sc(=S)n(-c2ccccc2)c1N. The van der Waals surface area contributed by atoms with E-state index in [1.54, 1.807) is 10.6 Å². The van der Waals surface area contributed by atoms with Crippen molar-refractivity contribution in [3.8, 4) is 5.69 Å². The Bertz CT molecular complexity index is 658. The molecule has 0 unspecified atom stereocenters. The molecule has 0 bridgehead atoms. The van der Waals surface area contributed by atoms with Crippen molar-refractivity contribution in [2.24, 2.45) is 0 Å². The van der Waals surface area contributed by atoms with E-state index in [0.29, 0.717) is 21.2 Å². The van der Waals surface area contributed by atoms with Gasteiger partial charge in [-0.05, 0) is 24.4 Å². The van der Waals surface area contributed by atoms with Gasteiger partial charge in [-0.25, -0.2) is 0 Å². The van der Waals surface area contributed by atoms with E-state index in [4.69, 9.17) is 18.0 Å². The third kappa shape index (κ3) is 2.74. The normalized spacial score (nSPS) is 10.1. The monoisotopic (exact) mass is 291 g/mol. The highest BCUT2D eigenvalue weighted by Crippen LogP contribution is 2.25. The smallest absolute Gasteiger partial charge is 0.265 e. The van der Waals surface area contributed by atoms with Crippen LogP contribution < -0.4 is 11.1 Å². The minimum absolute atomic E-state index is 0.233. The third-order valence-electron chi connectivity index (χ3n) is 2.47. The van der Waals surface area contributed by atoms with Gasteiger partial charge in [-0.2, -0.15) is 0 Å². The average molecular weight is 291 g/mol. The lowest BCUT2D eigenvalue weighted by molar-refractivity contribution is 0.0962. The van der Waals surface area contributed by atoms with Gasteiger partial charge in [0.2, 0.25) is 0 Å². The van der Waals surface area contributed by atoms with Crippen molar-refractivity contribution in [1.82, 2.24) is 9.88 Å². The molecular formula is C13H13N3OS2. The fourth-order valence-corrected chi connectivity index (χ4v) is 2.90. The maximum Gasteiger partial charge on any atom is 0.265 e. The maximum atomic E-state index is 11.9. The lowest BCUT2D eigenvalue weighted by Gasteiger charge is -2.06. The van der Waals surface area contributed by atoms with Crippen LogP contribution in [0.2, 0.25) is 0 Å². The number of nitrogens with one attached hydrogen (secondary N) is 1. The number of thiazole rings is 1. The van der Waals surface area contributed by atoms with E-state index >= 15 is 0 Å². The molecule has 0 saturated heterocycles. The molecule has 0 fully saturated rings. The molecule has 0 saturated carbocycles. The number of aromatic nitrogens is 1. The number of para-hydroxylation sites is 1. The number of nitrogens with zero attached hydrogens (tertiary/aromatic N) is 1. The molecule has 2 rings (SSSR count). The number of rotatable bonds is 4. The molecule has 0 atom stereocenters. The van der Waals surface area contributed by atoms with E-state index in [2.05, 4.69) is 11.9 Å². The molecule has 0 aliphatic rings. The van der Waals surface area contributed by atoms with Gasteiger partial charge < -0.3 is 11.1 Å². The zero-order valence-electron chi connectivity index (χ0n) is 10.1. The number of carbonyl (C=O) groups excluding carboxylic acids is 1. The Kier molecular flexibility index (Phi) is 4.13. The van der Waals surface area contributed by atoms with Crippen LogP contribution in [0.4, 0.5) is 5.82 Å². The van der Waals surface area contributed by atoms with Crippen LogP contribution in [0.3, 0.4) is 0 Å². The molecule has 4 nitrogen and oxygen atoms in total. The zero-order chi connectivity index (χ0) is 13.8. The van der Waals surface area contributed by atoms with E-state index in [0.717, 1.165) is 5.69 Å². The topological polar surface area (TPSA) is 60.0 Å². The first-order valence-corrected chi connectivity index (χ1v) is 6.83. The lowest BCUT2D eigenvalue weighted by atomic mass is 10.3. The summed E-state index contributed by atoms with van der Waals surface area (Å²) >= 11 is 6.48. The van der Waals surface area contributed by atoms with Crippen LogP contribution in [0.25, 0.3) is 5.69 Å². The summed E-state index contributed by atoms with van der Waals surface area (Å²) in [4.78, 5) is 12.4. The van der Waals surface area contributed by atoms with E-state index in [-0.39, 0.29) is 5.91 Å². The van der Waals surface area contributed by atoms with Crippen LogP contribution >= 0.6 is 23.6 Å². The molecule has 2 aromatic rings. The molecule has 6 heteroatoms. The van der Waals surface area contributed by atoms with Gasteiger partial charge in [-0.3, -0.25) is 9.36 Å². The lowest BCUT2D eigenvalue weighted by Crippen LogP contribution is -2.23. The number of nitrogens with two attached hydrogens (primary N) is 1. The summed E-state index contributed by atoms with van der Waals surface area (Å²) in [5.41, 5.74) is 6.88. The number of amides is 1. The van der Waals surface area contributed by atoms with Crippen LogP contribution in [-0.2, 0) is 0 Å². The number of nitrogen functional groups attached to an aromatic ring is 1. The molecule has 19 heavy (non-hydrogen) atoms. The maximum absolute atomic E-state index is 11.9. The first kappa shape index (κ1) is 13.5. The highest BCUT2D eigenvalue weighted by molar-refractivity contribution is 7.73. The highest BCUT2D eigenvalue weighted by Gasteiger charge is 2.17. The molecular weight excluding hydrogens is 278 g/mol. The fraction of sp³-hybridized carbons (Fsp3) is 0.0769. The number of hydrogen-bond donors (Lipinski definition) is 2. The van der Waals surface area contributed by atoms with Crippen molar-refractivity contribution < 1.29 is 4.79 Å². The van der Waals surface area contributed by atoms with Gasteiger partial charge in [0.25, 0.3) is 5.91 Å². The van der Waals surface area contributed by atoms with Crippen LogP contribution in [0.15, 0.2) is 43.0 Å². The van der Waals surface area contributed by atoms with Gasteiger partial charge in [0, 0.05) is 12.2 Å².